The Morgan fingerprint density at radius 3 is 1.77 bits per heavy atom. The molecule has 5 atom stereocenters. The quantitative estimate of drug-likeness (QED) is 0.313. The van der Waals surface area contributed by atoms with Crippen LogP contribution in [0.1, 0.15) is 28.5 Å². The summed E-state index contributed by atoms with van der Waals surface area (Å²) in [5.74, 6) is -1.91. The van der Waals surface area contributed by atoms with Crippen molar-refractivity contribution in [2.45, 2.75) is 36.0 Å². The fraction of sp³-hybridized carbons (Fsp3) is 0.242. The first kappa shape index (κ1) is 24.4. The minimum absolute atomic E-state index is 0.121. The highest BCUT2D eigenvalue weighted by atomic mass is 16.8. The number of carbonyl (C=O) groups excluding carboxylic acids is 1. The van der Waals surface area contributed by atoms with Gasteiger partial charge in [0.05, 0.1) is 6.61 Å². The van der Waals surface area contributed by atoms with Crippen molar-refractivity contribution in [1.29, 1.82) is 0 Å². The second-order valence-electron chi connectivity index (χ2n) is 10.1. The lowest BCUT2D eigenvalue weighted by molar-refractivity contribution is -0.235. The van der Waals surface area contributed by atoms with Gasteiger partial charge >= 0.3 is 0 Å². The number of hydrogen-bond donors (Lipinski definition) is 0. The topological polar surface area (TPSA) is 63.2 Å². The van der Waals surface area contributed by atoms with Gasteiger partial charge in [-0.3, -0.25) is 4.79 Å². The summed E-state index contributed by atoms with van der Waals surface area (Å²) in [7, 11) is 0. The Labute approximate surface area is 227 Å². The van der Waals surface area contributed by atoms with E-state index < -0.39 is 36.0 Å². The van der Waals surface area contributed by atoms with Gasteiger partial charge in [-0.1, -0.05) is 121 Å². The van der Waals surface area contributed by atoms with Crippen molar-refractivity contribution in [2.75, 3.05) is 13.2 Å². The van der Waals surface area contributed by atoms with E-state index >= 15 is 0 Å². The van der Waals surface area contributed by atoms with Gasteiger partial charge in [0.1, 0.15) is 24.4 Å². The predicted octanol–water partition coefficient (Wildman–Crippen LogP) is 5.17. The van der Waals surface area contributed by atoms with E-state index in [4.69, 9.17) is 23.7 Å². The molecule has 0 amide bonds. The third-order valence-corrected chi connectivity index (χ3v) is 7.76. The minimum atomic E-state index is -1.59. The van der Waals surface area contributed by atoms with E-state index in [0.29, 0.717) is 0 Å². The Kier molecular flexibility index (Phi) is 6.15. The highest BCUT2D eigenvalue weighted by molar-refractivity contribution is 5.92. The standard InChI is InChI=1S/C33H28O6/c34-30-29-28(37-31(38-29)23-13-5-1-6-14-23)27-21-35-32(30,39-27)22-36-33(24-15-7-2-8-16-24,25-17-9-3-10-18-25)26-19-11-4-12-20-26/h1-20,27-29,31H,21-22H2/t27-,28-,29-,31?,32-/m1/s1. The second kappa shape index (κ2) is 9.83. The summed E-state index contributed by atoms with van der Waals surface area (Å²) in [4.78, 5) is 14.0. The van der Waals surface area contributed by atoms with E-state index in [9.17, 15) is 4.79 Å². The van der Waals surface area contributed by atoms with Gasteiger partial charge in [-0.05, 0) is 16.7 Å². The van der Waals surface area contributed by atoms with E-state index in [0.717, 1.165) is 22.3 Å². The molecule has 6 nitrogen and oxygen atoms in total. The van der Waals surface area contributed by atoms with E-state index in [-0.39, 0.29) is 19.0 Å². The Morgan fingerprint density at radius 1 is 0.718 bits per heavy atom. The molecule has 0 aromatic heterocycles. The van der Waals surface area contributed by atoms with Crippen molar-refractivity contribution in [1.82, 2.24) is 0 Å². The fourth-order valence-electron chi connectivity index (χ4n) is 5.87. The van der Waals surface area contributed by atoms with E-state index in [1.54, 1.807) is 0 Å². The Morgan fingerprint density at radius 2 is 1.23 bits per heavy atom. The molecule has 0 N–H and O–H groups in total. The molecule has 2 bridgehead atoms. The molecule has 1 unspecified atom stereocenters. The fourth-order valence-corrected chi connectivity index (χ4v) is 5.87. The molecular formula is C33H28O6. The van der Waals surface area contributed by atoms with Gasteiger partial charge in [-0.25, -0.2) is 0 Å². The first-order valence-electron chi connectivity index (χ1n) is 13.2. The first-order chi connectivity index (χ1) is 19.2. The van der Waals surface area contributed by atoms with Gasteiger partial charge in [0.15, 0.2) is 12.4 Å². The SMILES string of the molecule is O=C1[C@@H]2OC(c3ccccc3)O[C@@H]2[C@H]2CO[C@]1(COC(c1ccccc1)(c1ccccc1)c1ccccc1)O2. The number of ether oxygens (including phenoxy) is 5. The summed E-state index contributed by atoms with van der Waals surface area (Å²) in [6, 6.07) is 39.7. The lowest BCUT2D eigenvalue weighted by Gasteiger charge is -2.40. The summed E-state index contributed by atoms with van der Waals surface area (Å²) in [5, 5.41) is 0. The Bertz CT molecular complexity index is 1330. The Hall–Kier alpha value is -3.65. The monoisotopic (exact) mass is 520 g/mol. The zero-order chi connectivity index (χ0) is 26.3. The number of ketones is 1. The van der Waals surface area contributed by atoms with Crippen LogP contribution in [0.5, 0.6) is 0 Å². The van der Waals surface area contributed by atoms with Crippen LogP contribution in [0.3, 0.4) is 0 Å². The summed E-state index contributed by atoms with van der Waals surface area (Å²) in [6.07, 6.45) is -2.42. The van der Waals surface area contributed by atoms with Gasteiger partial charge in [-0.15, -0.1) is 0 Å². The van der Waals surface area contributed by atoms with Crippen molar-refractivity contribution in [3.63, 3.8) is 0 Å². The van der Waals surface area contributed by atoms with E-state index in [1.165, 1.54) is 0 Å². The van der Waals surface area contributed by atoms with Gasteiger partial charge in [-0.2, -0.15) is 0 Å². The maximum atomic E-state index is 14.0. The average molecular weight is 521 g/mol. The molecule has 0 saturated carbocycles. The van der Waals surface area contributed by atoms with Crippen LogP contribution in [-0.2, 0) is 34.1 Å². The number of rotatable bonds is 7. The molecule has 196 valence electrons. The molecule has 7 rings (SSSR count). The van der Waals surface area contributed by atoms with Crippen LogP contribution < -0.4 is 0 Å². The average Bonchev–Trinajstić information content (AvgIpc) is 3.64. The van der Waals surface area contributed by atoms with E-state index in [1.807, 2.05) is 121 Å². The molecule has 3 saturated heterocycles. The second-order valence-corrected chi connectivity index (χ2v) is 10.1. The third kappa shape index (κ3) is 4.04. The Balaban J connectivity index is 1.25. The van der Waals surface area contributed by atoms with Crippen LogP contribution in [-0.4, -0.2) is 43.1 Å². The van der Waals surface area contributed by atoms with E-state index in [2.05, 4.69) is 0 Å². The zero-order valence-electron chi connectivity index (χ0n) is 21.2. The molecule has 3 aliphatic heterocycles. The third-order valence-electron chi connectivity index (χ3n) is 7.76. The number of hydrogen-bond acceptors (Lipinski definition) is 6. The zero-order valence-corrected chi connectivity index (χ0v) is 21.2. The molecule has 6 heteroatoms. The number of carbonyl (C=O) groups is 1. The summed E-state index contributed by atoms with van der Waals surface area (Å²) in [5.41, 5.74) is 2.63. The number of Topliss-reactive ketones (excluding diaryl/α,β-unsaturated/α-hetero) is 1. The van der Waals surface area contributed by atoms with Gasteiger partial charge in [0.2, 0.25) is 5.78 Å². The largest absolute Gasteiger partial charge is 0.355 e. The van der Waals surface area contributed by atoms with Crippen LogP contribution >= 0.6 is 0 Å². The molecule has 39 heavy (non-hydrogen) atoms. The van der Waals surface area contributed by atoms with Crippen LogP contribution in [0.25, 0.3) is 0 Å². The minimum Gasteiger partial charge on any atom is -0.355 e. The van der Waals surface area contributed by atoms with Gasteiger partial charge in [0, 0.05) is 5.56 Å². The highest BCUT2D eigenvalue weighted by Crippen LogP contribution is 2.47. The lowest BCUT2D eigenvalue weighted by atomic mass is 9.80. The molecule has 4 aromatic carbocycles. The van der Waals surface area contributed by atoms with Crippen LogP contribution in [0.15, 0.2) is 121 Å². The molecule has 0 radical (unpaired) electrons. The normalized spacial score (nSPS) is 27.8. The lowest BCUT2D eigenvalue weighted by Crippen LogP contribution is -2.59. The molecular weight excluding hydrogens is 492 g/mol. The van der Waals surface area contributed by atoms with Crippen molar-refractivity contribution in [3.05, 3.63) is 144 Å². The van der Waals surface area contributed by atoms with Crippen molar-refractivity contribution < 1.29 is 28.5 Å². The highest BCUT2D eigenvalue weighted by Gasteiger charge is 2.64. The summed E-state index contributed by atoms with van der Waals surface area (Å²) in [6.45, 7) is 0.0970. The van der Waals surface area contributed by atoms with Crippen LogP contribution in [0.4, 0.5) is 0 Å². The maximum Gasteiger partial charge on any atom is 0.256 e. The summed E-state index contributed by atoms with van der Waals surface area (Å²) >= 11 is 0. The van der Waals surface area contributed by atoms with Gasteiger partial charge in [0.25, 0.3) is 5.79 Å². The number of benzene rings is 4. The number of fused-ring (bicyclic) bond motifs is 4. The molecule has 4 aromatic rings. The molecule has 0 spiro atoms. The first-order valence-corrected chi connectivity index (χ1v) is 13.2. The smallest absolute Gasteiger partial charge is 0.256 e. The molecule has 3 aliphatic rings. The van der Waals surface area contributed by atoms with Crippen molar-refractivity contribution in [2.24, 2.45) is 0 Å². The van der Waals surface area contributed by atoms with Gasteiger partial charge < -0.3 is 23.7 Å². The molecule has 0 aliphatic carbocycles. The van der Waals surface area contributed by atoms with Crippen LogP contribution in [0.2, 0.25) is 0 Å². The van der Waals surface area contributed by atoms with Crippen molar-refractivity contribution in [3.8, 4) is 0 Å². The maximum absolute atomic E-state index is 14.0. The molecule has 3 fully saturated rings. The predicted molar refractivity (Wildman–Crippen MR) is 143 cm³/mol. The molecule has 3 heterocycles. The van der Waals surface area contributed by atoms with Crippen LogP contribution in [0, 0.1) is 0 Å². The summed E-state index contributed by atoms with van der Waals surface area (Å²) < 4.78 is 31.6. The van der Waals surface area contributed by atoms with Crippen molar-refractivity contribution >= 4 is 5.78 Å².